The maximum absolute atomic E-state index is 13.1. The van der Waals surface area contributed by atoms with Gasteiger partial charge < -0.3 is 19.3 Å². The van der Waals surface area contributed by atoms with Crippen molar-refractivity contribution < 1.29 is 19.1 Å². The lowest BCUT2D eigenvalue weighted by molar-refractivity contribution is -0.136. The van der Waals surface area contributed by atoms with Crippen molar-refractivity contribution in [2.45, 2.75) is 19.4 Å². The Morgan fingerprint density at radius 1 is 1.04 bits per heavy atom. The second kappa shape index (κ2) is 7.54. The molecule has 2 aromatic carbocycles. The van der Waals surface area contributed by atoms with Crippen LogP contribution in [0.25, 0.3) is 0 Å². The monoisotopic (exact) mass is 380 g/mol. The Bertz CT molecular complexity index is 897. The van der Waals surface area contributed by atoms with Crippen LogP contribution in [0.2, 0.25) is 0 Å². The van der Waals surface area contributed by atoms with Crippen LogP contribution in [0.4, 0.5) is 5.69 Å². The van der Waals surface area contributed by atoms with Gasteiger partial charge in [-0.3, -0.25) is 9.59 Å². The lowest BCUT2D eigenvalue weighted by Crippen LogP contribution is -2.40. The predicted octanol–water partition coefficient (Wildman–Crippen LogP) is 2.64. The zero-order chi connectivity index (χ0) is 19.7. The number of benzene rings is 2. The van der Waals surface area contributed by atoms with Crippen molar-refractivity contribution >= 4 is 17.5 Å². The largest absolute Gasteiger partial charge is 0.493 e. The van der Waals surface area contributed by atoms with Gasteiger partial charge in [-0.2, -0.15) is 0 Å². The number of anilines is 1. The van der Waals surface area contributed by atoms with E-state index in [0.29, 0.717) is 31.1 Å². The molecular formula is C22H24N2O4. The van der Waals surface area contributed by atoms with Gasteiger partial charge in [-0.25, -0.2) is 0 Å². The van der Waals surface area contributed by atoms with Crippen LogP contribution in [0.3, 0.4) is 0 Å². The molecule has 4 rings (SSSR count). The molecule has 2 heterocycles. The van der Waals surface area contributed by atoms with Gasteiger partial charge in [0.2, 0.25) is 11.8 Å². The van der Waals surface area contributed by atoms with Crippen molar-refractivity contribution in [3.05, 3.63) is 53.6 Å². The topological polar surface area (TPSA) is 59.1 Å². The molecule has 1 saturated heterocycles. The lowest BCUT2D eigenvalue weighted by Gasteiger charge is -2.31. The van der Waals surface area contributed by atoms with Gasteiger partial charge >= 0.3 is 0 Å². The molecule has 2 aliphatic rings. The van der Waals surface area contributed by atoms with Gasteiger partial charge in [-0.15, -0.1) is 0 Å². The van der Waals surface area contributed by atoms with Crippen LogP contribution < -0.4 is 14.4 Å². The van der Waals surface area contributed by atoms with Gasteiger partial charge in [0.05, 0.1) is 20.1 Å². The first-order chi connectivity index (χ1) is 13.6. The third kappa shape index (κ3) is 3.30. The molecule has 2 aromatic rings. The van der Waals surface area contributed by atoms with Crippen LogP contribution in [0.5, 0.6) is 11.5 Å². The number of ether oxygens (including phenoxy) is 2. The fraction of sp³-hybridized carbons (Fsp3) is 0.364. The highest BCUT2D eigenvalue weighted by Gasteiger charge is 2.38. The minimum atomic E-state index is -0.297. The third-order valence-electron chi connectivity index (χ3n) is 5.57. The summed E-state index contributed by atoms with van der Waals surface area (Å²) in [7, 11) is 3.23. The van der Waals surface area contributed by atoms with E-state index in [-0.39, 0.29) is 24.2 Å². The van der Waals surface area contributed by atoms with E-state index in [1.54, 1.807) is 19.1 Å². The van der Waals surface area contributed by atoms with Gasteiger partial charge in [0.15, 0.2) is 11.5 Å². The summed E-state index contributed by atoms with van der Waals surface area (Å²) in [6.07, 6.45) is 1.04. The molecule has 0 aliphatic carbocycles. The number of nitrogens with zero attached hydrogens (tertiary/aromatic N) is 2. The Morgan fingerprint density at radius 3 is 2.39 bits per heavy atom. The van der Waals surface area contributed by atoms with Crippen molar-refractivity contribution in [2.75, 3.05) is 32.2 Å². The number of hydrogen-bond acceptors (Lipinski definition) is 4. The van der Waals surface area contributed by atoms with E-state index in [2.05, 4.69) is 0 Å². The fourth-order valence-electron chi connectivity index (χ4n) is 4.06. The van der Waals surface area contributed by atoms with E-state index in [1.807, 2.05) is 47.4 Å². The molecule has 6 heteroatoms. The van der Waals surface area contributed by atoms with Crippen LogP contribution in [0, 0.1) is 5.92 Å². The number of methoxy groups -OCH3 is 2. The molecule has 0 saturated carbocycles. The van der Waals surface area contributed by atoms with Gasteiger partial charge in [-0.1, -0.05) is 18.2 Å². The van der Waals surface area contributed by atoms with Gasteiger partial charge in [0.1, 0.15) is 0 Å². The Morgan fingerprint density at radius 2 is 1.71 bits per heavy atom. The van der Waals surface area contributed by atoms with E-state index in [1.165, 1.54) is 5.56 Å². The molecule has 0 unspecified atom stereocenters. The minimum absolute atomic E-state index is 0.00775. The average molecular weight is 380 g/mol. The van der Waals surface area contributed by atoms with Crippen LogP contribution in [-0.4, -0.2) is 44.0 Å². The number of amides is 2. The highest BCUT2D eigenvalue weighted by atomic mass is 16.5. The molecule has 6 nitrogen and oxygen atoms in total. The molecule has 146 valence electrons. The number of carbonyl (C=O) groups excluding carboxylic acids is 2. The summed E-state index contributed by atoms with van der Waals surface area (Å²) in [5.74, 6) is 1.14. The van der Waals surface area contributed by atoms with Crippen molar-refractivity contribution in [3.63, 3.8) is 0 Å². The van der Waals surface area contributed by atoms with Crippen LogP contribution in [0.15, 0.2) is 42.5 Å². The van der Waals surface area contributed by atoms with Crippen molar-refractivity contribution in [2.24, 2.45) is 5.92 Å². The summed E-state index contributed by atoms with van der Waals surface area (Å²) in [5, 5.41) is 0. The second-order valence-corrected chi connectivity index (χ2v) is 7.23. The maximum Gasteiger partial charge on any atom is 0.228 e. The molecule has 0 bridgehead atoms. The molecule has 2 aliphatic heterocycles. The minimum Gasteiger partial charge on any atom is -0.493 e. The Hall–Kier alpha value is -3.02. The normalized spacial score (nSPS) is 18.8. The quantitative estimate of drug-likeness (QED) is 0.818. The number of para-hydroxylation sites is 1. The van der Waals surface area contributed by atoms with E-state index in [0.717, 1.165) is 17.7 Å². The summed E-state index contributed by atoms with van der Waals surface area (Å²) in [6, 6.07) is 13.5. The summed E-state index contributed by atoms with van der Waals surface area (Å²) in [4.78, 5) is 29.1. The standard InChI is InChI=1S/C22H24N2O4/c1-27-19-10-15-8-9-23(13-16(15)11-20(19)28-2)22(26)17-12-21(25)24(14-17)18-6-4-3-5-7-18/h3-7,10-11,17H,8-9,12-14H2,1-2H3/t17-/m1/s1. The highest BCUT2D eigenvalue weighted by Crippen LogP contribution is 2.34. The summed E-state index contributed by atoms with van der Waals surface area (Å²) in [5.41, 5.74) is 3.10. The van der Waals surface area contributed by atoms with E-state index in [4.69, 9.17) is 9.47 Å². The highest BCUT2D eigenvalue weighted by molar-refractivity contribution is 6.00. The summed E-state index contributed by atoms with van der Waals surface area (Å²) >= 11 is 0. The number of fused-ring (bicyclic) bond motifs is 1. The van der Waals surface area contributed by atoms with E-state index < -0.39 is 0 Å². The van der Waals surface area contributed by atoms with Gasteiger partial charge in [0.25, 0.3) is 0 Å². The zero-order valence-corrected chi connectivity index (χ0v) is 16.2. The molecule has 0 radical (unpaired) electrons. The molecule has 0 aromatic heterocycles. The predicted molar refractivity (Wildman–Crippen MR) is 106 cm³/mol. The van der Waals surface area contributed by atoms with Crippen LogP contribution in [0.1, 0.15) is 17.5 Å². The van der Waals surface area contributed by atoms with Crippen LogP contribution >= 0.6 is 0 Å². The fourth-order valence-corrected chi connectivity index (χ4v) is 4.06. The number of carbonyl (C=O) groups is 2. The first kappa shape index (κ1) is 18.3. The van der Waals surface area contributed by atoms with Crippen molar-refractivity contribution in [1.82, 2.24) is 4.90 Å². The SMILES string of the molecule is COc1cc2c(cc1OC)CN(C(=O)[C@@H]1CC(=O)N(c3ccccc3)C1)CC2. The summed E-state index contributed by atoms with van der Waals surface area (Å²) < 4.78 is 10.8. The molecule has 0 N–H and O–H groups in total. The van der Waals surface area contributed by atoms with Gasteiger partial charge in [0, 0.05) is 31.7 Å². The van der Waals surface area contributed by atoms with Gasteiger partial charge in [-0.05, 0) is 41.8 Å². The van der Waals surface area contributed by atoms with Crippen LogP contribution in [-0.2, 0) is 22.6 Å². The van der Waals surface area contributed by atoms with Crippen molar-refractivity contribution in [1.29, 1.82) is 0 Å². The first-order valence-electron chi connectivity index (χ1n) is 9.48. The second-order valence-electron chi connectivity index (χ2n) is 7.23. The Labute approximate surface area is 164 Å². The molecule has 2 amide bonds. The number of hydrogen-bond donors (Lipinski definition) is 0. The van der Waals surface area contributed by atoms with E-state index in [9.17, 15) is 9.59 Å². The molecule has 0 spiro atoms. The smallest absolute Gasteiger partial charge is 0.228 e. The zero-order valence-electron chi connectivity index (χ0n) is 16.2. The average Bonchev–Trinajstić information content (AvgIpc) is 3.13. The number of rotatable bonds is 4. The molecular weight excluding hydrogens is 356 g/mol. The third-order valence-corrected chi connectivity index (χ3v) is 5.57. The molecule has 1 fully saturated rings. The Balaban J connectivity index is 1.49. The molecule has 1 atom stereocenters. The molecule has 28 heavy (non-hydrogen) atoms. The lowest BCUT2D eigenvalue weighted by atomic mass is 9.97. The summed E-state index contributed by atoms with van der Waals surface area (Å²) in [6.45, 7) is 1.62. The van der Waals surface area contributed by atoms with Crippen molar-refractivity contribution in [3.8, 4) is 11.5 Å². The Kier molecular flexibility index (Phi) is 4.94. The first-order valence-corrected chi connectivity index (χ1v) is 9.48. The maximum atomic E-state index is 13.1. The van der Waals surface area contributed by atoms with E-state index >= 15 is 0 Å².